The summed E-state index contributed by atoms with van der Waals surface area (Å²) in [7, 11) is 0. The number of carbonyl (C=O) groups excluding carboxylic acids is 3. The third kappa shape index (κ3) is 4.48. The van der Waals surface area contributed by atoms with Crippen LogP contribution in [0.1, 0.15) is 64.5 Å². The first-order chi connectivity index (χ1) is 17.8. The predicted octanol–water partition coefficient (Wildman–Crippen LogP) is 3.25. The molecule has 0 saturated carbocycles. The Morgan fingerprint density at radius 3 is 2.62 bits per heavy atom. The summed E-state index contributed by atoms with van der Waals surface area (Å²) >= 11 is 0. The van der Waals surface area contributed by atoms with E-state index in [1.165, 1.54) is 4.90 Å². The first-order valence-corrected chi connectivity index (χ1v) is 13.5. The van der Waals surface area contributed by atoms with Crippen molar-refractivity contribution >= 4 is 17.8 Å². The van der Waals surface area contributed by atoms with Gasteiger partial charge in [-0.05, 0) is 38.7 Å². The van der Waals surface area contributed by atoms with E-state index < -0.39 is 41.1 Å². The summed E-state index contributed by atoms with van der Waals surface area (Å²) in [5.74, 6) is -2.69. The van der Waals surface area contributed by atoms with E-state index in [0.717, 1.165) is 24.8 Å². The number of benzene rings is 1. The molecule has 37 heavy (non-hydrogen) atoms. The third-order valence-electron chi connectivity index (χ3n) is 8.37. The van der Waals surface area contributed by atoms with Crippen LogP contribution >= 0.6 is 0 Å². The third-order valence-corrected chi connectivity index (χ3v) is 8.37. The molecule has 0 aliphatic carbocycles. The van der Waals surface area contributed by atoms with Crippen molar-refractivity contribution in [2.75, 3.05) is 26.3 Å². The molecule has 0 radical (unpaired) electrons. The molecule has 2 bridgehead atoms. The SMILES string of the molecule is C=CCN(CCCCC)C(=O)C1N([C@H](CO)c2ccccc2)C(=O)[C@@H]2[C@H](C(=O)OCC)[C@]3(C)CCC12O3. The van der Waals surface area contributed by atoms with Crippen LogP contribution in [-0.2, 0) is 23.9 Å². The summed E-state index contributed by atoms with van der Waals surface area (Å²) in [5, 5.41) is 10.5. The van der Waals surface area contributed by atoms with Crippen LogP contribution in [0.2, 0.25) is 0 Å². The van der Waals surface area contributed by atoms with Crippen LogP contribution in [0.25, 0.3) is 0 Å². The average molecular weight is 513 g/mol. The Hall–Kier alpha value is -2.71. The number of hydrogen-bond acceptors (Lipinski definition) is 6. The van der Waals surface area contributed by atoms with Crippen LogP contribution in [0.3, 0.4) is 0 Å². The predicted molar refractivity (Wildman–Crippen MR) is 138 cm³/mol. The molecular formula is C29H40N2O6. The Balaban J connectivity index is 1.82. The normalized spacial score (nSPS) is 30.8. The van der Waals surface area contributed by atoms with Crippen molar-refractivity contribution in [1.29, 1.82) is 0 Å². The average Bonchev–Trinajstić information content (AvgIpc) is 3.46. The highest BCUT2D eigenvalue weighted by Crippen LogP contribution is 2.64. The van der Waals surface area contributed by atoms with E-state index in [1.54, 1.807) is 17.9 Å². The van der Waals surface area contributed by atoms with Gasteiger partial charge in [0.05, 0.1) is 30.8 Å². The van der Waals surface area contributed by atoms with E-state index in [4.69, 9.17) is 9.47 Å². The summed E-state index contributed by atoms with van der Waals surface area (Å²) in [4.78, 5) is 45.1. The van der Waals surface area contributed by atoms with Gasteiger partial charge in [0.15, 0.2) is 0 Å². The lowest BCUT2D eigenvalue weighted by Crippen LogP contribution is -2.57. The van der Waals surface area contributed by atoms with Crippen molar-refractivity contribution in [2.24, 2.45) is 11.8 Å². The zero-order valence-corrected chi connectivity index (χ0v) is 22.2. The Bertz CT molecular complexity index is 1010. The highest BCUT2D eigenvalue weighted by Gasteiger charge is 2.79. The molecule has 1 N–H and O–H groups in total. The highest BCUT2D eigenvalue weighted by molar-refractivity contribution is 5.98. The summed E-state index contributed by atoms with van der Waals surface area (Å²) in [5.41, 5.74) is -1.32. The topological polar surface area (TPSA) is 96.4 Å². The van der Waals surface area contributed by atoms with Gasteiger partial charge >= 0.3 is 5.97 Å². The zero-order chi connectivity index (χ0) is 26.8. The van der Waals surface area contributed by atoms with Crippen LogP contribution in [-0.4, -0.2) is 76.2 Å². The number of carbonyl (C=O) groups is 3. The summed E-state index contributed by atoms with van der Waals surface area (Å²) in [6.45, 7) is 10.2. The van der Waals surface area contributed by atoms with E-state index in [1.807, 2.05) is 37.3 Å². The number of nitrogens with zero attached hydrogens (tertiary/aromatic N) is 2. The quantitative estimate of drug-likeness (QED) is 0.262. The fourth-order valence-corrected chi connectivity index (χ4v) is 6.77. The summed E-state index contributed by atoms with van der Waals surface area (Å²) < 4.78 is 12.1. The molecule has 3 aliphatic rings. The Kier molecular flexibility index (Phi) is 8.09. The zero-order valence-electron chi connectivity index (χ0n) is 22.2. The Labute approximate surface area is 219 Å². The van der Waals surface area contributed by atoms with Crippen molar-refractivity contribution in [3.63, 3.8) is 0 Å². The lowest BCUT2D eigenvalue weighted by atomic mass is 9.66. The highest BCUT2D eigenvalue weighted by atomic mass is 16.6. The fourth-order valence-electron chi connectivity index (χ4n) is 6.77. The summed E-state index contributed by atoms with van der Waals surface area (Å²) in [6.07, 6.45) is 5.54. The lowest BCUT2D eigenvalue weighted by molar-refractivity contribution is -0.161. The van der Waals surface area contributed by atoms with Gasteiger partial charge in [-0.15, -0.1) is 6.58 Å². The number of ether oxygens (including phenoxy) is 2. The number of esters is 1. The van der Waals surface area contributed by atoms with Gasteiger partial charge in [0.1, 0.15) is 17.6 Å². The van der Waals surface area contributed by atoms with E-state index in [2.05, 4.69) is 13.5 Å². The lowest BCUT2D eigenvalue weighted by Gasteiger charge is -2.39. The van der Waals surface area contributed by atoms with E-state index in [0.29, 0.717) is 25.9 Å². The minimum absolute atomic E-state index is 0.194. The minimum Gasteiger partial charge on any atom is -0.466 e. The smallest absolute Gasteiger partial charge is 0.312 e. The van der Waals surface area contributed by atoms with Crippen molar-refractivity contribution in [1.82, 2.24) is 9.80 Å². The van der Waals surface area contributed by atoms with Crippen molar-refractivity contribution in [3.8, 4) is 0 Å². The van der Waals surface area contributed by atoms with Gasteiger partial charge in [-0.2, -0.15) is 0 Å². The van der Waals surface area contributed by atoms with Gasteiger partial charge in [0.2, 0.25) is 11.8 Å². The molecule has 3 fully saturated rings. The maximum atomic E-state index is 14.4. The Morgan fingerprint density at radius 1 is 1.27 bits per heavy atom. The number of likely N-dealkylation sites (tertiary alicyclic amines) is 1. The minimum atomic E-state index is -1.16. The van der Waals surface area contributed by atoms with Gasteiger partial charge < -0.3 is 24.4 Å². The van der Waals surface area contributed by atoms with Crippen LogP contribution in [0.15, 0.2) is 43.0 Å². The first-order valence-electron chi connectivity index (χ1n) is 13.5. The van der Waals surface area contributed by atoms with Crippen molar-refractivity contribution in [2.45, 2.75) is 76.2 Å². The molecule has 0 aromatic heterocycles. The molecule has 8 nitrogen and oxygen atoms in total. The molecule has 6 atom stereocenters. The molecule has 2 unspecified atom stereocenters. The molecule has 8 heteroatoms. The van der Waals surface area contributed by atoms with Crippen LogP contribution in [0.5, 0.6) is 0 Å². The van der Waals surface area contributed by atoms with E-state index in [-0.39, 0.29) is 25.0 Å². The van der Waals surface area contributed by atoms with Gasteiger partial charge in [0.25, 0.3) is 0 Å². The van der Waals surface area contributed by atoms with E-state index in [9.17, 15) is 19.5 Å². The van der Waals surface area contributed by atoms with Gasteiger partial charge in [0, 0.05) is 13.1 Å². The second-order valence-corrected chi connectivity index (χ2v) is 10.6. The van der Waals surface area contributed by atoms with Crippen LogP contribution in [0, 0.1) is 11.8 Å². The molecular weight excluding hydrogens is 472 g/mol. The Morgan fingerprint density at radius 2 is 2.00 bits per heavy atom. The molecule has 3 aliphatic heterocycles. The summed E-state index contributed by atoms with van der Waals surface area (Å²) in [6, 6.07) is 7.51. The maximum absolute atomic E-state index is 14.4. The number of unbranched alkanes of at least 4 members (excludes halogenated alkanes) is 2. The van der Waals surface area contributed by atoms with Gasteiger partial charge in [-0.1, -0.05) is 56.2 Å². The number of hydrogen-bond donors (Lipinski definition) is 1. The number of aliphatic hydroxyl groups is 1. The molecule has 4 rings (SSSR count). The number of rotatable bonds is 12. The second kappa shape index (κ2) is 11.0. The van der Waals surface area contributed by atoms with Crippen molar-refractivity contribution in [3.05, 3.63) is 48.6 Å². The molecule has 3 heterocycles. The van der Waals surface area contributed by atoms with Gasteiger partial charge in [-0.25, -0.2) is 0 Å². The number of fused-ring (bicyclic) bond motifs is 1. The standard InChI is InChI=1S/C29H40N2O6/c1-5-8-12-18-30(17-6-2)26(34)24-29-16-15-28(4,37-29)23(27(35)36-7-3)22(29)25(33)31(24)21(19-32)20-13-10-9-11-14-20/h6,9-11,13-14,21-24,32H,2,5,7-8,12,15-19H2,1,3-4H3/t21-,22+,23-,24?,28+,29?/m1/s1. The maximum Gasteiger partial charge on any atom is 0.312 e. The molecule has 2 amide bonds. The molecule has 1 spiro atoms. The molecule has 1 aromatic carbocycles. The van der Waals surface area contributed by atoms with Crippen LogP contribution < -0.4 is 0 Å². The van der Waals surface area contributed by atoms with Crippen LogP contribution in [0.4, 0.5) is 0 Å². The second-order valence-electron chi connectivity index (χ2n) is 10.6. The molecule has 3 saturated heterocycles. The molecule has 1 aromatic rings. The monoisotopic (exact) mass is 512 g/mol. The largest absolute Gasteiger partial charge is 0.466 e. The first kappa shape index (κ1) is 27.3. The molecule has 202 valence electrons. The van der Waals surface area contributed by atoms with E-state index >= 15 is 0 Å². The van der Waals surface area contributed by atoms with Gasteiger partial charge in [-0.3, -0.25) is 14.4 Å². The fraction of sp³-hybridized carbons (Fsp3) is 0.621. The number of amides is 2. The van der Waals surface area contributed by atoms with Crippen molar-refractivity contribution < 1.29 is 29.0 Å². The number of aliphatic hydroxyl groups excluding tert-OH is 1.